The molecular formula is C19H17ClFN5O2. The fraction of sp³-hybridized carbons (Fsp3) is 0.211. The molecule has 28 heavy (non-hydrogen) atoms. The summed E-state index contributed by atoms with van der Waals surface area (Å²) >= 11 is 6.01. The van der Waals surface area contributed by atoms with Gasteiger partial charge in [0.2, 0.25) is 5.69 Å². The number of hydrogen-bond donors (Lipinski definition) is 1. The van der Waals surface area contributed by atoms with Crippen LogP contribution in [0.3, 0.4) is 0 Å². The number of carbonyl (C=O) groups is 1. The van der Waals surface area contributed by atoms with E-state index < -0.39 is 5.97 Å². The summed E-state index contributed by atoms with van der Waals surface area (Å²) in [5.74, 6) is -1.13. The molecule has 1 aromatic heterocycles. The van der Waals surface area contributed by atoms with Crippen molar-refractivity contribution in [2.24, 2.45) is 0 Å². The number of hydrogen-bond acceptors (Lipinski definition) is 5. The lowest BCUT2D eigenvalue weighted by Gasteiger charge is -2.36. The summed E-state index contributed by atoms with van der Waals surface area (Å²) in [4.78, 5) is 16.7. The van der Waals surface area contributed by atoms with Gasteiger partial charge in [-0.15, -0.1) is 15.0 Å². The molecule has 1 fully saturated rings. The maximum Gasteiger partial charge on any atom is 0.360 e. The molecule has 0 saturated carbocycles. The van der Waals surface area contributed by atoms with E-state index in [0.717, 1.165) is 0 Å². The lowest BCUT2D eigenvalue weighted by atomic mass is 10.2. The quantitative estimate of drug-likeness (QED) is 0.724. The first-order chi connectivity index (χ1) is 13.5. The molecule has 0 spiro atoms. The molecule has 9 heteroatoms. The van der Waals surface area contributed by atoms with Crippen LogP contribution in [0, 0.1) is 5.82 Å². The fourth-order valence-corrected chi connectivity index (χ4v) is 3.42. The Kier molecular flexibility index (Phi) is 4.87. The van der Waals surface area contributed by atoms with E-state index in [-0.39, 0.29) is 11.5 Å². The topological polar surface area (TPSA) is 74.5 Å². The van der Waals surface area contributed by atoms with Gasteiger partial charge in [-0.25, -0.2) is 9.18 Å². The van der Waals surface area contributed by atoms with E-state index in [1.54, 1.807) is 42.5 Å². The third-order valence-corrected chi connectivity index (χ3v) is 4.85. The molecule has 3 aromatic rings. The number of halogens is 2. The van der Waals surface area contributed by atoms with Gasteiger partial charge in [0.25, 0.3) is 0 Å². The van der Waals surface area contributed by atoms with Crippen molar-refractivity contribution in [3.63, 3.8) is 0 Å². The van der Waals surface area contributed by atoms with E-state index in [1.807, 2.05) is 9.80 Å². The Hall–Kier alpha value is -3.13. The Balaban J connectivity index is 1.58. The molecule has 0 aliphatic carbocycles. The van der Waals surface area contributed by atoms with E-state index in [0.29, 0.717) is 48.4 Å². The van der Waals surface area contributed by atoms with Crippen LogP contribution in [0.1, 0.15) is 10.5 Å². The van der Waals surface area contributed by atoms with Crippen LogP contribution >= 0.6 is 11.6 Å². The predicted molar refractivity (Wildman–Crippen MR) is 104 cm³/mol. The van der Waals surface area contributed by atoms with Gasteiger partial charge in [0.1, 0.15) is 5.82 Å². The summed E-state index contributed by atoms with van der Waals surface area (Å²) in [5.41, 5.74) is 0.994. The molecule has 1 aliphatic heterocycles. The highest BCUT2D eigenvalue weighted by Crippen LogP contribution is 2.24. The van der Waals surface area contributed by atoms with Crippen molar-refractivity contribution in [1.29, 1.82) is 0 Å². The Morgan fingerprint density at radius 1 is 1.00 bits per heavy atom. The minimum absolute atomic E-state index is 0.126. The number of benzene rings is 2. The summed E-state index contributed by atoms with van der Waals surface area (Å²) in [6.07, 6.45) is 0. The van der Waals surface area contributed by atoms with Crippen molar-refractivity contribution >= 4 is 29.1 Å². The van der Waals surface area contributed by atoms with Crippen molar-refractivity contribution < 1.29 is 14.3 Å². The normalized spacial score (nSPS) is 14.4. The molecule has 0 unspecified atom stereocenters. The number of anilines is 2. The van der Waals surface area contributed by atoms with Crippen LogP contribution in [0.2, 0.25) is 5.02 Å². The summed E-state index contributed by atoms with van der Waals surface area (Å²) in [6, 6.07) is 13.5. The fourth-order valence-electron chi connectivity index (χ4n) is 3.23. The number of nitrogens with zero attached hydrogens (tertiary/aromatic N) is 5. The molecule has 0 radical (unpaired) electrons. The first kappa shape index (κ1) is 18.2. The Bertz CT molecular complexity index is 1020. The summed E-state index contributed by atoms with van der Waals surface area (Å²) in [5, 5.41) is 18.6. The summed E-state index contributed by atoms with van der Waals surface area (Å²) in [6.45, 7) is 2.10. The van der Waals surface area contributed by atoms with Gasteiger partial charge in [0.15, 0.2) is 5.82 Å². The standard InChI is InChI=1S/C19H17ClFN5O2/c20-13-4-3-5-14(12-13)26-22-17(19(27)28)18(23-26)25-10-8-24(9-11-25)16-7-2-1-6-15(16)21/h1-7,12H,8-11H2,(H,27,28). The smallest absolute Gasteiger partial charge is 0.360 e. The summed E-state index contributed by atoms with van der Waals surface area (Å²) in [7, 11) is 0. The number of carboxylic acids is 1. The molecule has 1 N–H and O–H groups in total. The highest BCUT2D eigenvalue weighted by atomic mass is 35.5. The number of para-hydroxylation sites is 1. The maximum atomic E-state index is 14.0. The van der Waals surface area contributed by atoms with Crippen LogP contribution < -0.4 is 9.80 Å². The monoisotopic (exact) mass is 401 g/mol. The molecule has 144 valence electrons. The van der Waals surface area contributed by atoms with Gasteiger partial charge in [-0.2, -0.15) is 0 Å². The second kappa shape index (κ2) is 7.47. The lowest BCUT2D eigenvalue weighted by Crippen LogP contribution is -2.47. The number of rotatable bonds is 4. The van der Waals surface area contributed by atoms with Crippen LogP contribution in [0.15, 0.2) is 48.5 Å². The second-order valence-electron chi connectivity index (χ2n) is 6.37. The van der Waals surface area contributed by atoms with Gasteiger partial charge < -0.3 is 14.9 Å². The van der Waals surface area contributed by atoms with Crippen molar-refractivity contribution in [3.8, 4) is 5.69 Å². The first-order valence-corrected chi connectivity index (χ1v) is 9.12. The number of carboxylic acid groups (broad SMARTS) is 1. The van der Waals surface area contributed by atoms with Gasteiger partial charge in [-0.3, -0.25) is 0 Å². The highest BCUT2D eigenvalue weighted by Gasteiger charge is 2.27. The maximum absolute atomic E-state index is 14.0. The van der Waals surface area contributed by atoms with Crippen molar-refractivity contribution in [1.82, 2.24) is 15.0 Å². The lowest BCUT2D eigenvalue weighted by molar-refractivity contribution is 0.0690. The second-order valence-corrected chi connectivity index (χ2v) is 6.81. The number of piperazine rings is 1. The number of aromatic carboxylic acids is 1. The zero-order chi connectivity index (χ0) is 19.7. The van der Waals surface area contributed by atoms with E-state index in [4.69, 9.17) is 11.6 Å². The molecule has 0 amide bonds. The first-order valence-electron chi connectivity index (χ1n) is 8.74. The Morgan fingerprint density at radius 2 is 1.71 bits per heavy atom. The van der Waals surface area contributed by atoms with Crippen molar-refractivity contribution in [3.05, 3.63) is 65.1 Å². The number of aromatic nitrogens is 3. The molecular weight excluding hydrogens is 385 g/mol. The molecule has 1 aliphatic rings. The molecule has 0 bridgehead atoms. The Labute approximate surface area is 165 Å². The third kappa shape index (κ3) is 3.50. The SMILES string of the molecule is O=C(O)c1nn(-c2cccc(Cl)c2)nc1N1CCN(c2ccccc2F)CC1. The Morgan fingerprint density at radius 3 is 2.39 bits per heavy atom. The molecule has 0 atom stereocenters. The predicted octanol–water partition coefficient (Wildman–Crippen LogP) is 3.08. The molecule has 2 aromatic carbocycles. The average molecular weight is 402 g/mol. The van der Waals surface area contributed by atoms with Gasteiger partial charge in [-0.1, -0.05) is 29.8 Å². The van der Waals surface area contributed by atoms with Gasteiger partial charge in [-0.05, 0) is 30.3 Å². The van der Waals surface area contributed by atoms with E-state index in [1.165, 1.54) is 10.9 Å². The van der Waals surface area contributed by atoms with Gasteiger partial charge >= 0.3 is 5.97 Å². The highest BCUT2D eigenvalue weighted by molar-refractivity contribution is 6.30. The molecule has 4 rings (SSSR count). The van der Waals surface area contributed by atoms with E-state index in [9.17, 15) is 14.3 Å². The third-order valence-electron chi connectivity index (χ3n) is 4.61. The largest absolute Gasteiger partial charge is 0.476 e. The van der Waals surface area contributed by atoms with Crippen LogP contribution in [-0.2, 0) is 0 Å². The van der Waals surface area contributed by atoms with Crippen molar-refractivity contribution in [2.75, 3.05) is 36.0 Å². The minimum atomic E-state index is -1.15. The zero-order valence-electron chi connectivity index (χ0n) is 14.8. The molecule has 7 nitrogen and oxygen atoms in total. The minimum Gasteiger partial charge on any atom is -0.476 e. The van der Waals surface area contributed by atoms with Crippen LogP contribution in [-0.4, -0.2) is 52.2 Å². The van der Waals surface area contributed by atoms with E-state index in [2.05, 4.69) is 10.2 Å². The molecule has 1 saturated heterocycles. The molecule has 2 heterocycles. The van der Waals surface area contributed by atoms with Crippen molar-refractivity contribution in [2.45, 2.75) is 0 Å². The van der Waals surface area contributed by atoms with Crippen LogP contribution in [0.5, 0.6) is 0 Å². The average Bonchev–Trinajstić information content (AvgIpc) is 3.14. The van der Waals surface area contributed by atoms with Crippen LogP contribution in [0.4, 0.5) is 15.9 Å². The van der Waals surface area contributed by atoms with Crippen LogP contribution in [0.25, 0.3) is 5.69 Å². The summed E-state index contributed by atoms with van der Waals surface area (Å²) < 4.78 is 14.0. The van der Waals surface area contributed by atoms with E-state index >= 15 is 0 Å². The van der Waals surface area contributed by atoms with Gasteiger partial charge in [0, 0.05) is 31.2 Å². The zero-order valence-corrected chi connectivity index (χ0v) is 15.6. The van der Waals surface area contributed by atoms with Gasteiger partial charge in [0.05, 0.1) is 11.4 Å².